The molecule has 1 fully saturated rings. The van der Waals surface area contributed by atoms with Crippen LogP contribution in [0.4, 0.5) is 10.8 Å². The number of benzene rings is 2. The van der Waals surface area contributed by atoms with Gasteiger partial charge in [-0.2, -0.15) is 0 Å². The number of nitrogens with zero attached hydrogens (tertiary/aromatic N) is 4. The zero-order chi connectivity index (χ0) is 23.4. The van der Waals surface area contributed by atoms with E-state index in [0.717, 1.165) is 5.56 Å². The number of non-ortho nitro benzene ring substituents is 1. The molecule has 0 bridgehead atoms. The molecular weight excluding hydrogens is 466 g/mol. The molecule has 2 heterocycles. The third kappa shape index (κ3) is 5.41. The van der Waals surface area contributed by atoms with Crippen LogP contribution in [-0.2, 0) is 9.59 Å². The van der Waals surface area contributed by atoms with Crippen molar-refractivity contribution in [2.75, 3.05) is 11.9 Å². The van der Waals surface area contributed by atoms with Gasteiger partial charge in [-0.05, 0) is 48.7 Å². The van der Waals surface area contributed by atoms with Crippen LogP contribution in [0.15, 0.2) is 54.6 Å². The zero-order valence-electron chi connectivity index (χ0n) is 17.2. The molecule has 1 aliphatic heterocycles. The Balaban J connectivity index is 1.39. The number of hydrogen-bond donors (Lipinski definition) is 1. The lowest BCUT2D eigenvalue weighted by Gasteiger charge is -2.22. The Kier molecular flexibility index (Phi) is 6.76. The molecule has 33 heavy (non-hydrogen) atoms. The van der Waals surface area contributed by atoms with E-state index in [1.807, 2.05) is 12.1 Å². The predicted molar refractivity (Wildman–Crippen MR) is 126 cm³/mol. The van der Waals surface area contributed by atoms with Crippen molar-refractivity contribution >= 4 is 51.6 Å². The molecule has 1 saturated heterocycles. The monoisotopic (exact) mass is 483 g/mol. The molecule has 0 saturated carbocycles. The molecule has 4 rings (SSSR count). The SMILES string of the molecule is O=C(Nc1nnc(-c2ccc(Cl)cc2)s1)[C@@H]1CCCN1C(=O)/C=C/c1ccc([N+](=O)[O-])cc1. The molecule has 2 aromatic carbocycles. The molecule has 11 heteroatoms. The quantitative estimate of drug-likeness (QED) is 0.315. The first-order valence-corrected chi connectivity index (χ1v) is 11.2. The van der Waals surface area contributed by atoms with Crippen LogP contribution in [0.1, 0.15) is 18.4 Å². The number of hydrogen-bond acceptors (Lipinski definition) is 7. The van der Waals surface area contributed by atoms with Crippen molar-refractivity contribution < 1.29 is 14.5 Å². The number of aromatic nitrogens is 2. The minimum absolute atomic E-state index is 0.0225. The van der Waals surface area contributed by atoms with Gasteiger partial charge in [0, 0.05) is 35.3 Å². The number of carbonyl (C=O) groups is 2. The van der Waals surface area contributed by atoms with Gasteiger partial charge in [0.05, 0.1) is 4.92 Å². The van der Waals surface area contributed by atoms with Crippen LogP contribution in [0.25, 0.3) is 16.6 Å². The Labute approximate surface area is 197 Å². The van der Waals surface area contributed by atoms with E-state index in [0.29, 0.717) is 40.1 Å². The minimum Gasteiger partial charge on any atom is -0.327 e. The highest BCUT2D eigenvalue weighted by molar-refractivity contribution is 7.18. The van der Waals surface area contributed by atoms with Crippen LogP contribution in [0, 0.1) is 10.1 Å². The maximum absolute atomic E-state index is 12.8. The first-order valence-electron chi connectivity index (χ1n) is 10.0. The average molecular weight is 484 g/mol. The molecule has 0 radical (unpaired) electrons. The van der Waals surface area contributed by atoms with Crippen molar-refractivity contribution in [1.29, 1.82) is 0 Å². The van der Waals surface area contributed by atoms with Gasteiger partial charge >= 0.3 is 0 Å². The molecule has 0 aliphatic carbocycles. The van der Waals surface area contributed by atoms with Crippen LogP contribution in [0.3, 0.4) is 0 Å². The highest BCUT2D eigenvalue weighted by atomic mass is 35.5. The van der Waals surface area contributed by atoms with Crippen molar-refractivity contribution in [1.82, 2.24) is 15.1 Å². The van der Waals surface area contributed by atoms with Crippen LogP contribution in [-0.4, -0.2) is 44.4 Å². The number of nitro groups is 1. The summed E-state index contributed by atoms with van der Waals surface area (Å²) in [5, 5.41) is 23.3. The third-order valence-electron chi connectivity index (χ3n) is 5.11. The van der Waals surface area contributed by atoms with E-state index in [1.54, 1.807) is 30.3 Å². The second-order valence-corrected chi connectivity index (χ2v) is 8.69. The Morgan fingerprint density at radius 3 is 2.58 bits per heavy atom. The first kappa shape index (κ1) is 22.6. The fraction of sp³-hybridized carbons (Fsp3) is 0.182. The summed E-state index contributed by atoms with van der Waals surface area (Å²) in [6.45, 7) is 0.466. The van der Waals surface area contributed by atoms with Gasteiger partial charge in [0.2, 0.25) is 16.9 Å². The highest BCUT2D eigenvalue weighted by Gasteiger charge is 2.33. The van der Waals surface area contributed by atoms with E-state index in [9.17, 15) is 19.7 Å². The number of likely N-dealkylation sites (tertiary alicyclic amines) is 1. The fourth-order valence-electron chi connectivity index (χ4n) is 3.45. The summed E-state index contributed by atoms with van der Waals surface area (Å²) in [6.07, 6.45) is 4.20. The number of nitro benzene ring substituents is 1. The van der Waals surface area contributed by atoms with Crippen LogP contribution >= 0.6 is 22.9 Å². The molecule has 9 nitrogen and oxygen atoms in total. The molecule has 168 valence electrons. The molecule has 1 aliphatic rings. The van der Waals surface area contributed by atoms with E-state index in [2.05, 4.69) is 15.5 Å². The summed E-state index contributed by atoms with van der Waals surface area (Å²) in [7, 11) is 0. The summed E-state index contributed by atoms with van der Waals surface area (Å²) < 4.78 is 0. The molecule has 1 aromatic heterocycles. The maximum atomic E-state index is 12.8. The molecule has 3 aromatic rings. The Morgan fingerprint density at radius 2 is 1.88 bits per heavy atom. The molecule has 0 spiro atoms. The number of amides is 2. The van der Waals surface area contributed by atoms with Crippen LogP contribution < -0.4 is 5.32 Å². The second-order valence-electron chi connectivity index (χ2n) is 7.28. The number of halogens is 1. The number of nitrogens with one attached hydrogen (secondary N) is 1. The molecule has 1 N–H and O–H groups in total. The normalized spacial score (nSPS) is 15.7. The van der Waals surface area contributed by atoms with Gasteiger partial charge in [0.25, 0.3) is 5.69 Å². The largest absolute Gasteiger partial charge is 0.327 e. The van der Waals surface area contributed by atoms with E-state index in [1.165, 1.54) is 34.4 Å². The van der Waals surface area contributed by atoms with Gasteiger partial charge < -0.3 is 4.90 Å². The summed E-state index contributed by atoms with van der Waals surface area (Å²) in [4.78, 5) is 37.3. The van der Waals surface area contributed by atoms with Gasteiger partial charge in [0.1, 0.15) is 11.0 Å². The number of carbonyl (C=O) groups excluding carboxylic acids is 2. The standard InChI is InChI=1S/C22H18ClN5O4S/c23-16-8-6-15(7-9-16)21-25-26-22(33-21)24-20(30)18-2-1-13-27(18)19(29)12-5-14-3-10-17(11-4-14)28(31)32/h3-12,18H,1-2,13H2,(H,24,26,30)/b12-5+/t18-/m0/s1. The summed E-state index contributed by atoms with van der Waals surface area (Å²) in [5.74, 6) is -0.617. The lowest BCUT2D eigenvalue weighted by Crippen LogP contribution is -2.42. The summed E-state index contributed by atoms with van der Waals surface area (Å²) in [5.41, 5.74) is 1.47. The summed E-state index contributed by atoms with van der Waals surface area (Å²) in [6, 6.07) is 12.4. The van der Waals surface area contributed by atoms with Gasteiger partial charge in [0.15, 0.2) is 0 Å². The molecule has 1 atom stereocenters. The Morgan fingerprint density at radius 1 is 1.15 bits per heavy atom. The lowest BCUT2D eigenvalue weighted by atomic mass is 10.2. The molecular formula is C22H18ClN5O4S. The van der Waals surface area contributed by atoms with E-state index >= 15 is 0 Å². The minimum atomic E-state index is -0.609. The van der Waals surface area contributed by atoms with Gasteiger partial charge in [-0.15, -0.1) is 10.2 Å². The predicted octanol–water partition coefficient (Wildman–Crippen LogP) is 4.41. The Hall–Kier alpha value is -3.63. The van der Waals surface area contributed by atoms with Crippen LogP contribution in [0.5, 0.6) is 0 Å². The Bertz CT molecular complexity index is 1210. The van der Waals surface area contributed by atoms with Crippen molar-refractivity contribution in [2.24, 2.45) is 0 Å². The molecule has 0 unspecified atom stereocenters. The zero-order valence-corrected chi connectivity index (χ0v) is 18.8. The van der Waals surface area contributed by atoms with Crippen molar-refractivity contribution in [3.63, 3.8) is 0 Å². The van der Waals surface area contributed by atoms with E-state index < -0.39 is 11.0 Å². The van der Waals surface area contributed by atoms with E-state index in [4.69, 9.17) is 11.6 Å². The molecule has 2 amide bonds. The van der Waals surface area contributed by atoms with Crippen molar-refractivity contribution in [3.8, 4) is 10.6 Å². The first-order chi connectivity index (χ1) is 15.9. The highest BCUT2D eigenvalue weighted by Crippen LogP contribution is 2.28. The smallest absolute Gasteiger partial charge is 0.269 e. The topological polar surface area (TPSA) is 118 Å². The fourth-order valence-corrected chi connectivity index (χ4v) is 4.32. The van der Waals surface area contributed by atoms with Gasteiger partial charge in [-0.25, -0.2) is 0 Å². The number of anilines is 1. The van der Waals surface area contributed by atoms with Crippen molar-refractivity contribution in [3.05, 3.63) is 75.3 Å². The van der Waals surface area contributed by atoms with Crippen molar-refractivity contribution in [2.45, 2.75) is 18.9 Å². The lowest BCUT2D eigenvalue weighted by molar-refractivity contribution is -0.384. The summed E-state index contributed by atoms with van der Waals surface area (Å²) >= 11 is 7.15. The maximum Gasteiger partial charge on any atom is 0.269 e. The number of rotatable bonds is 6. The van der Waals surface area contributed by atoms with Gasteiger partial charge in [-0.3, -0.25) is 25.0 Å². The van der Waals surface area contributed by atoms with Crippen LogP contribution in [0.2, 0.25) is 5.02 Å². The second kappa shape index (κ2) is 9.88. The average Bonchev–Trinajstić information content (AvgIpc) is 3.48. The van der Waals surface area contributed by atoms with E-state index in [-0.39, 0.29) is 17.5 Å². The van der Waals surface area contributed by atoms with Gasteiger partial charge in [-0.1, -0.05) is 35.1 Å². The third-order valence-corrected chi connectivity index (χ3v) is 6.25.